The van der Waals surface area contributed by atoms with Crippen molar-refractivity contribution in [2.75, 3.05) is 18.0 Å². The highest BCUT2D eigenvalue weighted by Crippen LogP contribution is 2.27. The molecule has 6 nitrogen and oxygen atoms in total. The van der Waals surface area contributed by atoms with Crippen molar-refractivity contribution in [3.05, 3.63) is 44.6 Å². The lowest BCUT2D eigenvalue weighted by atomic mass is 10.1. The summed E-state index contributed by atoms with van der Waals surface area (Å²) in [5, 5.41) is 4.19. The van der Waals surface area contributed by atoms with E-state index in [1.807, 2.05) is 18.2 Å². The summed E-state index contributed by atoms with van der Waals surface area (Å²) in [4.78, 5) is 16.6. The van der Waals surface area contributed by atoms with Gasteiger partial charge >= 0.3 is 5.63 Å². The van der Waals surface area contributed by atoms with Gasteiger partial charge in [0.05, 0.1) is 0 Å². The molecule has 1 aromatic heterocycles. The minimum absolute atomic E-state index is 0.0237. The van der Waals surface area contributed by atoms with Gasteiger partial charge in [-0.25, -0.2) is 4.79 Å². The van der Waals surface area contributed by atoms with Crippen molar-refractivity contribution in [2.45, 2.75) is 20.8 Å². The number of hydrogen-bond acceptors (Lipinski definition) is 4. The average Bonchev–Trinajstić information content (AvgIpc) is 2.44. The van der Waals surface area contributed by atoms with Gasteiger partial charge in [0, 0.05) is 35.1 Å². The van der Waals surface area contributed by atoms with Crippen molar-refractivity contribution in [3.8, 4) is 0 Å². The van der Waals surface area contributed by atoms with Crippen molar-refractivity contribution in [3.63, 3.8) is 0 Å². The zero-order valence-electron chi connectivity index (χ0n) is 11.8. The molecule has 0 N–H and O–H groups in total. The van der Waals surface area contributed by atoms with Crippen LogP contribution in [0.2, 0.25) is 0 Å². The summed E-state index contributed by atoms with van der Waals surface area (Å²) < 4.78 is 5.26. The van der Waals surface area contributed by atoms with Crippen LogP contribution in [0.15, 0.2) is 32.5 Å². The fourth-order valence-electron chi connectivity index (χ4n) is 2.28. The molecule has 2 aromatic rings. The van der Waals surface area contributed by atoms with Crippen LogP contribution in [-0.4, -0.2) is 13.1 Å². The lowest BCUT2D eigenvalue weighted by molar-refractivity contribution is 0.561. The topological polar surface area (TPSA) is 82.2 Å². The number of hydrogen-bond donors (Lipinski definition) is 0. The molecule has 6 heteroatoms. The van der Waals surface area contributed by atoms with Crippen molar-refractivity contribution in [1.82, 2.24) is 0 Å². The molecular formula is C14H16N4O2. The minimum atomic E-state index is -0.607. The second-order valence-corrected chi connectivity index (χ2v) is 4.41. The summed E-state index contributed by atoms with van der Waals surface area (Å²) in [6.07, 6.45) is 0. The Labute approximate surface area is 116 Å². The molecule has 0 spiro atoms. The van der Waals surface area contributed by atoms with E-state index in [0.717, 1.165) is 24.2 Å². The first-order valence-electron chi connectivity index (χ1n) is 6.49. The molecule has 0 saturated carbocycles. The molecule has 2 rings (SSSR count). The first-order chi connectivity index (χ1) is 9.62. The second kappa shape index (κ2) is 5.67. The number of aryl methyl sites for hydroxylation is 1. The Hall–Kier alpha value is -2.46. The van der Waals surface area contributed by atoms with Gasteiger partial charge in [0.25, 0.3) is 0 Å². The summed E-state index contributed by atoms with van der Waals surface area (Å²) in [7, 11) is 0. The molecule has 1 aromatic carbocycles. The number of nitrogens with zero attached hydrogens (tertiary/aromatic N) is 4. The van der Waals surface area contributed by atoms with E-state index in [1.54, 1.807) is 6.92 Å². The van der Waals surface area contributed by atoms with E-state index >= 15 is 0 Å². The highest BCUT2D eigenvalue weighted by Gasteiger charge is 2.11. The van der Waals surface area contributed by atoms with Crippen LogP contribution in [0.3, 0.4) is 0 Å². The maximum atomic E-state index is 11.8. The minimum Gasteiger partial charge on any atom is -0.422 e. The average molecular weight is 272 g/mol. The Balaban J connectivity index is 2.69. The largest absolute Gasteiger partial charge is 0.422 e. The van der Waals surface area contributed by atoms with Crippen LogP contribution in [0.5, 0.6) is 0 Å². The number of benzene rings is 1. The van der Waals surface area contributed by atoms with Gasteiger partial charge in [-0.1, -0.05) is 5.11 Å². The third-order valence-corrected chi connectivity index (χ3v) is 3.39. The van der Waals surface area contributed by atoms with E-state index in [0.29, 0.717) is 11.1 Å². The second-order valence-electron chi connectivity index (χ2n) is 4.41. The van der Waals surface area contributed by atoms with Crippen molar-refractivity contribution in [2.24, 2.45) is 5.11 Å². The van der Waals surface area contributed by atoms with E-state index in [4.69, 9.17) is 9.95 Å². The Kier molecular flexibility index (Phi) is 3.96. The highest BCUT2D eigenvalue weighted by atomic mass is 16.4. The molecule has 104 valence electrons. The summed E-state index contributed by atoms with van der Waals surface area (Å²) in [5.74, 6) is 0. The third-order valence-electron chi connectivity index (χ3n) is 3.39. The lowest BCUT2D eigenvalue weighted by Crippen LogP contribution is -2.21. The maximum absolute atomic E-state index is 11.8. The molecule has 0 aliphatic rings. The first kappa shape index (κ1) is 14.0. The zero-order chi connectivity index (χ0) is 14.7. The number of azide groups is 1. The summed E-state index contributed by atoms with van der Waals surface area (Å²) in [5.41, 5.74) is 10.1. The quantitative estimate of drug-likeness (QED) is 0.366. The van der Waals surface area contributed by atoms with Crippen LogP contribution < -0.4 is 10.5 Å². The Morgan fingerprint density at radius 3 is 2.65 bits per heavy atom. The van der Waals surface area contributed by atoms with Crippen molar-refractivity contribution >= 4 is 22.3 Å². The van der Waals surface area contributed by atoms with E-state index < -0.39 is 5.63 Å². The fourth-order valence-corrected chi connectivity index (χ4v) is 2.28. The van der Waals surface area contributed by atoms with E-state index in [2.05, 4.69) is 28.8 Å². The Morgan fingerprint density at radius 2 is 2.05 bits per heavy atom. The fraction of sp³-hybridized carbons (Fsp3) is 0.357. The first-order valence-corrected chi connectivity index (χ1v) is 6.49. The summed E-state index contributed by atoms with van der Waals surface area (Å²) in [6, 6.07) is 5.70. The number of rotatable bonds is 4. The molecule has 0 unspecified atom stereocenters. The van der Waals surface area contributed by atoms with Crippen LogP contribution in [-0.2, 0) is 0 Å². The van der Waals surface area contributed by atoms with E-state index in [9.17, 15) is 4.79 Å². The molecule has 0 saturated heterocycles. The van der Waals surface area contributed by atoms with E-state index in [-0.39, 0.29) is 5.69 Å². The van der Waals surface area contributed by atoms with Gasteiger partial charge in [0.1, 0.15) is 11.3 Å². The molecule has 0 aliphatic carbocycles. The molecular weight excluding hydrogens is 256 g/mol. The van der Waals surface area contributed by atoms with Crippen LogP contribution >= 0.6 is 0 Å². The van der Waals surface area contributed by atoms with Gasteiger partial charge < -0.3 is 9.32 Å². The molecule has 0 atom stereocenters. The Bertz CT molecular complexity index is 741. The summed E-state index contributed by atoms with van der Waals surface area (Å²) in [6.45, 7) is 7.64. The van der Waals surface area contributed by atoms with Crippen LogP contribution in [0.25, 0.3) is 21.4 Å². The highest BCUT2D eigenvalue weighted by molar-refractivity contribution is 5.86. The van der Waals surface area contributed by atoms with E-state index in [1.165, 1.54) is 0 Å². The van der Waals surface area contributed by atoms with Gasteiger partial charge in [0.15, 0.2) is 0 Å². The predicted octanol–water partition coefficient (Wildman–Crippen LogP) is 3.89. The molecule has 0 amide bonds. The molecule has 20 heavy (non-hydrogen) atoms. The van der Waals surface area contributed by atoms with Gasteiger partial charge in [-0.05, 0) is 44.0 Å². The molecule has 0 fully saturated rings. The standard InChI is InChI=1S/C14H16N4O2/c1-4-18(5-2)10-6-7-11-9(3)13(16-17-15)14(19)20-12(11)8-10/h6-8H,4-5H2,1-3H3. The zero-order valence-corrected chi connectivity index (χ0v) is 11.8. The van der Waals surface area contributed by atoms with Crippen molar-refractivity contribution < 1.29 is 4.42 Å². The molecule has 0 bridgehead atoms. The van der Waals surface area contributed by atoms with Gasteiger partial charge in [-0.3, -0.25) is 0 Å². The van der Waals surface area contributed by atoms with Gasteiger partial charge in [-0.2, -0.15) is 0 Å². The normalized spacial score (nSPS) is 10.3. The van der Waals surface area contributed by atoms with Gasteiger partial charge in [0.2, 0.25) is 0 Å². The van der Waals surface area contributed by atoms with Crippen molar-refractivity contribution in [1.29, 1.82) is 0 Å². The molecule has 0 radical (unpaired) electrons. The number of anilines is 1. The number of fused-ring (bicyclic) bond motifs is 1. The SMILES string of the molecule is CCN(CC)c1ccc2c(C)c(N=[N+]=[N-])c(=O)oc2c1. The van der Waals surface area contributed by atoms with Crippen LogP contribution in [0.4, 0.5) is 11.4 Å². The third kappa shape index (κ3) is 2.33. The van der Waals surface area contributed by atoms with Crippen LogP contribution in [0, 0.1) is 6.92 Å². The lowest BCUT2D eigenvalue weighted by Gasteiger charge is -2.21. The molecule has 0 aliphatic heterocycles. The predicted molar refractivity (Wildman–Crippen MR) is 79.6 cm³/mol. The Morgan fingerprint density at radius 1 is 1.35 bits per heavy atom. The monoisotopic (exact) mass is 272 g/mol. The molecule has 1 heterocycles. The van der Waals surface area contributed by atoms with Gasteiger partial charge in [-0.15, -0.1) is 0 Å². The smallest absolute Gasteiger partial charge is 0.346 e. The summed E-state index contributed by atoms with van der Waals surface area (Å²) >= 11 is 0. The van der Waals surface area contributed by atoms with Crippen LogP contribution in [0.1, 0.15) is 19.4 Å². The maximum Gasteiger partial charge on any atom is 0.346 e.